The van der Waals surface area contributed by atoms with Gasteiger partial charge in [-0.25, -0.2) is 0 Å². The van der Waals surface area contributed by atoms with Gasteiger partial charge in [0.05, 0.1) is 21.5 Å². The summed E-state index contributed by atoms with van der Waals surface area (Å²) >= 11 is 17.4. The van der Waals surface area contributed by atoms with Gasteiger partial charge < -0.3 is 10.2 Å². The molecule has 0 aliphatic heterocycles. The number of nitro benzene ring substituents is 1. The summed E-state index contributed by atoms with van der Waals surface area (Å²) in [7, 11) is 1.40. The largest absolute Gasteiger partial charge is 0.332 e. The lowest BCUT2D eigenvalue weighted by Crippen LogP contribution is -2.34. The SMILES string of the molecule is CN(CC(=O)Nc1ccc(Cl)c(Cl)c1)C(=O)c1ccc(Cl)c([N+](=O)[O-])c1. The molecule has 0 spiro atoms. The monoisotopic (exact) mass is 415 g/mol. The van der Waals surface area contributed by atoms with Crippen LogP contribution in [0, 0.1) is 10.1 Å². The van der Waals surface area contributed by atoms with Gasteiger partial charge in [0.25, 0.3) is 11.6 Å². The van der Waals surface area contributed by atoms with Crippen LogP contribution < -0.4 is 5.32 Å². The van der Waals surface area contributed by atoms with Crippen molar-refractivity contribution in [3.8, 4) is 0 Å². The predicted molar refractivity (Wildman–Crippen MR) is 100 cm³/mol. The third kappa shape index (κ3) is 4.85. The van der Waals surface area contributed by atoms with Gasteiger partial charge in [-0.15, -0.1) is 0 Å². The van der Waals surface area contributed by atoms with Gasteiger partial charge in [0.15, 0.2) is 0 Å². The van der Waals surface area contributed by atoms with Crippen molar-refractivity contribution in [1.29, 1.82) is 0 Å². The smallest absolute Gasteiger partial charge is 0.288 e. The summed E-state index contributed by atoms with van der Waals surface area (Å²) in [5.41, 5.74) is 0.0875. The van der Waals surface area contributed by atoms with E-state index in [9.17, 15) is 19.7 Å². The molecule has 0 fully saturated rings. The fourth-order valence-electron chi connectivity index (χ4n) is 2.07. The van der Waals surface area contributed by atoms with E-state index in [4.69, 9.17) is 34.8 Å². The second-order valence-corrected chi connectivity index (χ2v) is 6.48. The Labute approximate surface area is 163 Å². The van der Waals surface area contributed by atoms with Crippen LogP contribution in [-0.2, 0) is 4.79 Å². The Kier molecular flexibility index (Phi) is 6.42. The average Bonchev–Trinajstić information content (AvgIpc) is 2.57. The van der Waals surface area contributed by atoms with Crippen molar-refractivity contribution in [2.75, 3.05) is 18.9 Å². The molecule has 0 bridgehead atoms. The number of nitrogens with one attached hydrogen (secondary N) is 1. The van der Waals surface area contributed by atoms with Crippen molar-refractivity contribution < 1.29 is 14.5 Å². The summed E-state index contributed by atoms with van der Waals surface area (Å²) in [4.78, 5) is 35.8. The lowest BCUT2D eigenvalue weighted by Gasteiger charge is -2.17. The molecule has 0 radical (unpaired) electrons. The highest BCUT2D eigenvalue weighted by atomic mass is 35.5. The molecule has 1 N–H and O–H groups in total. The number of hydrogen-bond donors (Lipinski definition) is 1. The molecule has 7 nitrogen and oxygen atoms in total. The molecule has 0 aliphatic rings. The van der Waals surface area contributed by atoms with E-state index in [1.54, 1.807) is 6.07 Å². The van der Waals surface area contributed by atoms with Crippen LogP contribution in [0.4, 0.5) is 11.4 Å². The van der Waals surface area contributed by atoms with Crippen molar-refractivity contribution in [1.82, 2.24) is 4.90 Å². The van der Waals surface area contributed by atoms with Gasteiger partial charge in [0, 0.05) is 24.4 Å². The zero-order valence-electron chi connectivity index (χ0n) is 13.3. The van der Waals surface area contributed by atoms with Crippen LogP contribution in [0.15, 0.2) is 36.4 Å². The third-order valence-corrected chi connectivity index (χ3v) is 4.38. The van der Waals surface area contributed by atoms with Gasteiger partial charge in [-0.2, -0.15) is 0 Å². The average molecular weight is 417 g/mol. The molecule has 0 aliphatic carbocycles. The highest BCUT2D eigenvalue weighted by molar-refractivity contribution is 6.42. The van der Waals surface area contributed by atoms with Gasteiger partial charge in [-0.1, -0.05) is 34.8 Å². The molecule has 0 aromatic heterocycles. The van der Waals surface area contributed by atoms with Crippen LogP contribution in [0.2, 0.25) is 15.1 Å². The van der Waals surface area contributed by atoms with Gasteiger partial charge in [0.1, 0.15) is 5.02 Å². The number of nitrogens with zero attached hydrogens (tertiary/aromatic N) is 2. The zero-order valence-corrected chi connectivity index (χ0v) is 15.6. The van der Waals surface area contributed by atoms with Crippen molar-refractivity contribution in [2.24, 2.45) is 0 Å². The lowest BCUT2D eigenvalue weighted by atomic mass is 10.2. The number of anilines is 1. The molecule has 0 heterocycles. The Hall–Kier alpha value is -2.35. The molecule has 2 amide bonds. The first-order chi connectivity index (χ1) is 12.2. The Balaban J connectivity index is 2.06. The third-order valence-electron chi connectivity index (χ3n) is 3.32. The maximum atomic E-state index is 12.4. The fourth-order valence-corrected chi connectivity index (χ4v) is 2.55. The Morgan fingerprint density at radius 3 is 2.35 bits per heavy atom. The highest BCUT2D eigenvalue weighted by Gasteiger charge is 2.20. The summed E-state index contributed by atoms with van der Waals surface area (Å²) in [5, 5.41) is 14.0. The number of hydrogen-bond acceptors (Lipinski definition) is 4. The van der Waals surface area contributed by atoms with E-state index >= 15 is 0 Å². The Morgan fingerprint density at radius 2 is 1.73 bits per heavy atom. The second-order valence-electron chi connectivity index (χ2n) is 5.26. The second kappa shape index (κ2) is 8.35. The lowest BCUT2D eigenvalue weighted by molar-refractivity contribution is -0.384. The summed E-state index contributed by atoms with van der Waals surface area (Å²) in [6.07, 6.45) is 0. The molecule has 2 aromatic carbocycles. The zero-order chi connectivity index (χ0) is 19.4. The van der Waals surface area contributed by atoms with E-state index in [1.165, 1.54) is 31.3 Å². The Morgan fingerprint density at radius 1 is 1.08 bits per heavy atom. The van der Waals surface area contributed by atoms with Crippen LogP contribution in [-0.4, -0.2) is 35.2 Å². The first-order valence-electron chi connectivity index (χ1n) is 7.13. The van der Waals surface area contributed by atoms with E-state index in [2.05, 4.69) is 5.32 Å². The number of rotatable bonds is 5. The summed E-state index contributed by atoms with van der Waals surface area (Å²) in [5.74, 6) is -1.03. The topological polar surface area (TPSA) is 92.6 Å². The molecular formula is C16H12Cl3N3O4. The van der Waals surface area contributed by atoms with E-state index in [1.807, 2.05) is 0 Å². The molecule has 0 saturated heterocycles. The van der Waals surface area contributed by atoms with Gasteiger partial charge in [-0.3, -0.25) is 19.7 Å². The maximum absolute atomic E-state index is 12.4. The molecule has 0 atom stereocenters. The first-order valence-corrected chi connectivity index (χ1v) is 8.26. The van der Waals surface area contributed by atoms with E-state index < -0.39 is 16.7 Å². The standard InChI is InChI=1S/C16H12Cl3N3O4/c1-21(8-15(23)20-10-3-5-11(17)13(19)7-10)16(24)9-2-4-12(18)14(6-9)22(25)26/h2-7H,8H2,1H3,(H,20,23). The van der Waals surface area contributed by atoms with Crippen LogP contribution in [0.3, 0.4) is 0 Å². The number of amides is 2. The number of halogens is 3. The normalized spacial score (nSPS) is 10.3. The summed E-state index contributed by atoms with van der Waals surface area (Å²) in [6.45, 7) is -0.268. The number of carbonyl (C=O) groups is 2. The summed E-state index contributed by atoms with van der Waals surface area (Å²) in [6, 6.07) is 8.25. The van der Waals surface area contributed by atoms with Gasteiger partial charge in [-0.05, 0) is 30.3 Å². The summed E-state index contributed by atoms with van der Waals surface area (Å²) < 4.78 is 0. The van der Waals surface area contributed by atoms with Crippen LogP contribution >= 0.6 is 34.8 Å². The van der Waals surface area contributed by atoms with Crippen LogP contribution in [0.1, 0.15) is 10.4 Å². The van der Waals surface area contributed by atoms with Gasteiger partial charge in [0.2, 0.25) is 5.91 Å². The highest BCUT2D eigenvalue weighted by Crippen LogP contribution is 2.26. The molecule has 2 aromatic rings. The minimum atomic E-state index is -0.684. The molecule has 26 heavy (non-hydrogen) atoms. The number of nitro groups is 1. The molecule has 0 unspecified atom stereocenters. The van der Waals surface area contributed by atoms with E-state index in [-0.39, 0.29) is 27.8 Å². The van der Waals surface area contributed by atoms with Crippen LogP contribution in [0.5, 0.6) is 0 Å². The van der Waals surface area contributed by atoms with Crippen molar-refractivity contribution >= 4 is 58.0 Å². The van der Waals surface area contributed by atoms with Gasteiger partial charge >= 0.3 is 0 Å². The number of carbonyl (C=O) groups excluding carboxylic acids is 2. The minimum absolute atomic E-state index is 0.0472. The first kappa shape index (κ1) is 20.0. The molecule has 136 valence electrons. The number of likely N-dealkylation sites (N-methyl/N-ethyl adjacent to an activating group) is 1. The molecular weight excluding hydrogens is 405 g/mol. The number of benzene rings is 2. The van der Waals surface area contributed by atoms with Crippen molar-refractivity contribution in [2.45, 2.75) is 0 Å². The molecule has 2 rings (SSSR count). The van der Waals surface area contributed by atoms with E-state index in [0.29, 0.717) is 10.7 Å². The fraction of sp³-hybridized carbons (Fsp3) is 0.125. The maximum Gasteiger partial charge on any atom is 0.288 e. The Bertz CT molecular complexity index is 889. The molecule has 0 saturated carbocycles. The predicted octanol–water partition coefficient (Wildman–Crippen LogP) is 4.27. The molecule has 10 heteroatoms. The van der Waals surface area contributed by atoms with Crippen molar-refractivity contribution in [3.05, 3.63) is 67.1 Å². The quantitative estimate of drug-likeness (QED) is 0.582. The van der Waals surface area contributed by atoms with Crippen molar-refractivity contribution in [3.63, 3.8) is 0 Å². The van der Waals surface area contributed by atoms with Crippen LogP contribution in [0.25, 0.3) is 0 Å². The minimum Gasteiger partial charge on any atom is -0.332 e. The van der Waals surface area contributed by atoms with E-state index in [0.717, 1.165) is 11.0 Å².